The summed E-state index contributed by atoms with van der Waals surface area (Å²) in [5.74, 6) is -1.78. The lowest BCUT2D eigenvalue weighted by Gasteiger charge is -2.16. The average Bonchev–Trinajstić information content (AvgIpc) is 2.74. The number of halogens is 4. The molecule has 0 radical (unpaired) electrons. The van der Waals surface area contributed by atoms with Gasteiger partial charge in [-0.25, -0.2) is 0 Å². The van der Waals surface area contributed by atoms with Crippen LogP contribution in [0.25, 0.3) is 0 Å². The number of rotatable bonds is 7. The maximum Gasteiger partial charge on any atom is 0.573 e. The SMILES string of the molecule is COc1cc(OC(F)(F)F)ccc1Oc1cc(Br)ccc1C(=O)Nc1ccnc(C(N)=O)c1. The molecule has 0 aliphatic heterocycles. The van der Waals surface area contributed by atoms with Gasteiger partial charge in [0.1, 0.15) is 17.2 Å². The number of aromatic nitrogens is 1. The Morgan fingerprint density at radius 3 is 2.45 bits per heavy atom. The third-order valence-electron chi connectivity index (χ3n) is 4.05. The van der Waals surface area contributed by atoms with Crippen molar-refractivity contribution in [3.05, 3.63) is 70.5 Å². The lowest BCUT2D eigenvalue weighted by molar-refractivity contribution is -0.274. The van der Waals surface area contributed by atoms with Crippen LogP contribution in [0.3, 0.4) is 0 Å². The molecule has 33 heavy (non-hydrogen) atoms. The highest BCUT2D eigenvalue weighted by molar-refractivity contribution is 9.10. The lowest BCUT2D eigenvalue weighted by atomic mass is 10.1. The summed E-state index contributed by atoms with van der Waals surface area (Å²) in [6, 6.07) is 10.6. The second-order valence-electron chi connectivity index (χ2n) is 6.35. The van der Waals surface area contributed by atoms with E-state index in [9.17, 15) is 22.8 Å². The fourth-order valence-electron chi connectivity index (χ4n) is 2.66. The number of primary amides is 1. The van der Waals surface area contributed by atoms with Crippen LogP contribution in [0.5, 0.6) is 23.0 Å². The van der Waals surface area contributed by atoms with Gasteiger partial charge in [-0.3, -0.25) is 14.6 Å². The van der Waals surface area contributed by atoms with Crippen molar-refractivity contribution in [3.63, 3.8) is 0 Å². The van der Waals surface area contributed by atoms with Gasteiger partial charge >= 0.3 is 6.36 Å². The van der Waals surface area contributed by atoms with Gasteiger partial charge in [0.2, 0.25) is 0 Å². The highest BCUT2D eigenvalue weighted by Gasteiger charge is 2.31. The first-order chi connectivity index (χ1) is 15.6. The molecular weight excluding hydrogens is 511 g/mol. The molecule has 2 amide bonds. The van der Waals surface area contributed by atoms with Crippen molar-refractivity contribution in [1.82, 2.24) is 4.98 Å². The van der Waals surface area contributed by atoms with Crippen LogP contribution in [0.4, 0.5) is 18.9 Å². The van der Waals surface area contributed by atoms with Crippen molar-refractivity contribution in [2.45, 2.75) is 6.36 Å². The molecule has 3 rings (SSSR count). The van der Waals surface area contributed by atoms with Crippen molar-refractivity contribution in [2.75, 3.05) is 12.4 Å². The van der Waals surface area contributed by atoms with E-state index in [1.807, 2.05) is 0 Å². The molecule has 12 heteroatoms. The topological polar surface area (TPSA) is 113 Å². The van der Waals surface area contributed by atoms with Crippen LogP contribution in [0.15, 0.2) is 59.2 Å². The van der Waals surface area contributed by atoms with Gasteiger partial charge < -0.3 is 25.3 Å². The average molecular weight is 526 g/mol. The summed E-state index contributed by atoms with van der Waals surface area (Å²) < 4.78 is 52.8. The summed E-state index contributed by atoms with van der Waals surface area (Å²) in [4.78, 5) is 28.0. The number of nitrogens with zero attached hydrogens (tertiary/aromatic N) is 1. The number of hydrogen-bond acceptors (Lipinski definition) is 6. The molecule has 1 aromatic heterocycles. The third kappa shape index (κ3) is 6.35. The number of hydrogen-bond donors (Lipinski definition) is 2. The Morgan fingerprint density at radius 2 is 1.79 bits per heavy atom. The van der Waals surface area contributed by atoms with E-state index in [2.05, 4.69) is 31.0 Å². The summed E-state index contributed by atoms with van der Waals surface area (Å²) in [7, 11) is 1.24. The molecule has 0 aliphatic carbocycles. The molecule has 0 atom stereocenters. The third-order valence-corrected chi connectivity index (χ3v) is 4.54. The lowest BCUT2D eigenvalue weighted by Crippen LogP contribution is -2.17. The smallest absolute Gasteiger partial charge is 0.493 e. The van der Waals surface area contributed by atoms with E-state index in [0.717, 1.165) is 12.1 Å². The minimum absolute atomic E-state index is 0.0361. The van der Waals surface area contributed by atoms with Crippen LogP contribution in [-0.4, -0.2) is 30.3 Å². The minimum atomic E-state index is -4.87. The summed E-state index contributed by atoms with van der Waals surface area (Å²) in [6.45, 7) is 0. The largest absolute Gasteiger partial charge is 0.573 e. The fraction of sp³-hybridized carbons (Fsp3) is 0.0952. The number of nitrogens with one attached hydrogen (secondary N) is 1. The van der Waals surface area contributed by atoms with Gasteiger partial charge in [0.15, 0.2) is 11.5 Å². The molecule has 3 N–H and O–H groups in total. The Bertz CT molecular complexity index is 1200. The summed E-state index contributed by atoms with van der Waals surface area (Å²) in [5, 5.41) is 2.60. The number of methoxy groups -OCH3 is 1. The minimum Gasteiger partial charge on any atom is -0.493 e. The van der Waals surface area contributed by atoms with E-state index in [-0.39, 0.29) is 34.2 Å². The second-order valence-corrected chi connectivity index (χ2v) is 7.27. The number of amides is 2. The van der Waals surface area contributed by atoms with E-state index in [1.54, 1.807) is 6.07 Å². The van der Waals surface area contributed by atoms with E-state index >= 15 is 0 Å². The molecule has 0 unspecified atom stereocenters. The van der Waals surface area contributed by atoms with Crippen molar-refractivity contribution in [2.24, 2.45) is 5.73 Å². The Hall–Kier alpha value is -3.80. The van der Waals surface area contributed by atoms with Crippen LogP contribution < -0.4 is 25.3 Å². The van der Waals surface area contributed by atoms with Gasteiger partial charge in [0.05, 0.1) is 12.7 Å². The van der Waals surface area contributed by atoms with E-state index in [1.165, 1.54) is 43.6 Å². The molecular formula is C21H15BrF3N3O5. The Morgan fingerprint density at radius 1 is 1.03 bits per heavy atom. The molecule has 1 heterocycles. The number of pyridine rings is 1. The van der Waals surface area contributed by atoms with Crippen LogP contribution >= 0.6 is 15.9 Å². The van der Waals surface area contributed by atoms with Crippen LogP contribution in [-0.2, 0) is 0 Å². The molecule has 0 bridgehead atoms. The normalized spacial score (nSPS) is 10.9. The monoisotopic (exact) mass is 525 g/mol. The first kappa shape index (κ1) is 23.9. The Labute approximate surface area is 193 Å². The molecule has 3 aromatic rings. The van der Waals surface area contributed by atoms with Crippen LogP contribution in [0, 0.1) is 0 Å². The molecule has 0 aliphatic rings. The molecule has 8 nitrogen and oxygen atoms in total. The first-order valence-corrected chi connectivity index (χ1v) is 9.83. The molecule has 0 spiro atoms. The van der Waals surface area contributed by atoms with Gasteiger partial charge in [-0.2, -0.15) is 0 Å². The molecule has 0 fully saturated rings. The van der Waals surface area contributed by atoms with Crippen molar-refractivity contribution < 1.29 is 37.0 Å². The molecule has 2 aromatic carbocycles. The van der Waals surface area contributed by atoms with Gasteiger partial charge in [-0.15, -0.1) is 13.2 Å². The van der Waals surface area contributed by atoms with Crippen molar-refractivity contribution >= 4 is 33.4 Å². The molecule has 172 valence electrons. The number of carbonyl (C=O) groups excluding carboxylic acids is 2. The maximum atomic E-state index is 12.9. The quantitative estimate of drug-likeness (QED) is 0.453. The van der Waals surface area contributed by atoms with E-state index < -0.39 is 23.9 Å². The zero-order chi connectivity index (χ0) is 24.2. The fourth-order valence-corrected chi connectivity index (χ4v) is 3.00. The highest BCUT2D eigenvalue weighted by atomic mass is 79.9. The van der Waals surface area contributed by atoms with Crippen molar-refractivity contribution in [1.29, 1.82) is 0 Å². The Balaban J connectivity index is 1.89. The van der Waals surface area contributed by atoms with Gasteiger partial charge in [0.25, 0.3) is 11.8 Å². The van der Waals surface area contributed by atoms with Crippen LogP contribution in [0.2, 0.25) is 0 Å². The highest BCUT2D eigenvalue weighted by Crippen LogP contribution is 2.38. The number of nitrogens with two attached hydrogens (primary N) is 1. The van der Waals surface area contributed by atoms with Crippen LogP contribution in [0.1, 0.15) is 20.8 Å². The molecule has 0 saturated carbocycles. The van der Waals surface area contributed by atoms with E-state index in [0.29, 0.717) is 4.47 Å². The predicted molar refractivity (Wildman–Crippen MR) is 115 cm³/mol. The Kier molecular flexibility index (Phi) is 7.07. The summed E-state index contributed by atoms with van der Waals surface area (Å²) >= 11 is 3.28. The number of ether oxygens (including phenoxy) is 3. The summed E-state index contributed by atoms with van der Waals surface area (Å²) in [5.41, 5.74) is 5.52. The number of alkyl halides is 3. The van der Waals surface area contributed by atoms with E-state index in [4.69, 9.17) is 15.2 Å². The predicted octanol–water partition coefficient (Wildman–Crippen LogP) is 4.89. The van der Waals surface area contributed by atoms with Gasteiger partial charge in [0, 0.05) is 22.4 Å². The second kappa shape index (κ2) is 9.77. The number of carbonyl (C=O) groups is 2. The van der Waals surface area contributed by atoms with Gasteiger partial charge in [-0.1, -0.05) is 15.9 Å². The maximum absolute atomic E-state index is 12.9. The molecule has 0 saturated heterocycles. The number of benzene rings is 2. The summed E-state index contributed by atoms with van der Waals surface area (Å²) in [6.07, 6.45) is -3.56. The first-order valence-electron chi connectivity index (χ1n) is 9.04. The standard InChI is InChI=1S/C21H15BrF3N3O5/c1-31-18-10-13(33-21(23,24)25)3-5-16(18)32-17-8-11(22)2-4-14(17)20(30)28-12-6-7-27-15(9-12)19(26)29/h2-10H,1H3,(H2,26,29)(H,27,28,30). The van der Waals surface area contributed by atoms with Crippen molar-refractivity contribution in [3.8, 4) is 23.0 Å². The zero-order valence-corrected chi connectivity index (χ0v) is 18.4. The van der Waals surface area contributed by atoms with Gasteiger partial charge in [-0.05, 0) is 42.5 Å². The zero-order valence-electron chi connectivity index (χ0n) is 16.8. The number of anilines is 1.